The van der Waals surface area contributed by atoms with Gasteiger partial charge in [-0.1, -0.05) is 11.6 Å². The molecule has 3 N–H and O–H groups in total. The molecule has 1 unspecified atom stereocenters. The molecular formula is C14H20ClN5. The average molecular weight is 294 g/mol. The fourth-order valence-electron chi connectivity index (χ4n) is 3.26. The number of hydrogen-bond donors (Lipinski definition) is 2. The zero-order chi connectivity index (χ0) is 14.1. The van der Waals surface area contributed by atoms with E-state index in [-0.39, 0.29) is 5.84 Å². The zero-order valence-electron chi connectivity index (χ0n) is 11.5. The van der Waals surface area contributed by atoms with Crippen LogP contribution in [0.2, 0.25) is 5.02 Å². The van der Waals surface area contributed by atoms with Crippen LogP contribution in [0.25, 0.3) is 0 Å². The van der Waals surface area contributed by atoms with Gasteiger partial charge in [-0.2, -0.15) is 0 Å². The lowest BCUT2D eigenvalue weighted by molar-refractivity contribution is 0.273. The lowest BCUT2D eigenvalue weighted by atomic mass is 10.2. The van der Waals surface area contributed by atoms with Crippen molar-refractivity contribution in [1.82, 2.24) is 9.88 Å². The minimum atomic E-state index is -0.00374. The summed E-state index contributed by atoms with van der Waals surface area (Å²) >= 11 is 6.39. The number of nitrogens with zero attached hydrogens (tertiary/aromatic N) is 3. The van der Waals surface area contributed by atoms with E-state index < -0.39 is 0 Å². The number of nitrogens with two attached hydrogens (primary N) is 1. The molecule has 20 heavy (non-hydrogen) atoms. The van der Waals surface area contributed by atoms with Gasteiger partial charge in [-0.25, -0.2) is 4.98 Å². The molecule has 0 bridgehead atoms. The average Bonchev–Trinajstić information content (AvgIpc) is 2.76. The maximum Gasteiger partial charge on any atom is 0.148 e. The van der Waals surface area contributed by atoms with Crippen molar-refractivity contribution in [3.05, 3.63) is 22.8 Å². The largest absolute Gasteiger partial charge is 0.384 e. The van der Waals surface area contributed by atoms with Gasteiger partial charge >= 0.3 is 0 Å². The number of amidine groups is 1. The van der Waals surface area contributed by atoms with Crippen LogP contribution in [0.15, 0.2) is 12.3 Å². The van der Waals surface area contributed by atoms with Crippen molar-refractivity contribution in [2.45, 2.75) is 25.3 Å². The first-order chi connectivity index (χ1) is 9.66. The Kier molecular flexibility index (Phi) is 3.81. The van der Waals surface area contributed by atoms with Gasteiger partial charge in [0, 0.05) is 37.4 Å². The molecule has 108 valence electrons. The molecule has 1 atom stereocenters. The molecule has 1 aromatic rings. The maximum absolute atomic E-state index is 7.59. The minimum absolute atomic E-state index is 0.00374. The Hall–Kier alpha value is -1.33. The van der Waals surface area contributed by atoms with Crippen LogP contribution < -0.4 is 10.6 Å². The van der Waals surface area contributed by atoms with Gasteiger partial charge in [0.15, 0.2) is 0 Å². The number of pyridine rings is 1. The van der Waals surface area contributed by atoms with Crippen LogP contribution in [0, 0.1) is 5.41 Å². The van der Waals surface area contributed by atoms with Crippen LogP contribution in [0.4, 0.5) is 5.82 Å². The molecule has 0 spiro atoms. The van der Waals surface area contributed by atoms with E-state index in [4.69, 9.17) is 22.7 Å². The number of fused-ring (bicyclic) bond motifs is 1. The van der Waals surface area contributed by atoms with Crippen molar-refractivity contribution in [2.75, 3.05) is 31.1 Å². The molecule has 0 aromatic carbocycles. The van der Waals surface area contributed by atoms with Crippen LogP contribution in [0.1, 0.15) is 24.8 Å². The second-order valence-electron chi connectivity index (χ2n) is 5.54. The SMILES string of the molecule is N=C(N)c1ccnc(N2CCCN3CCCC3C2)c1Cl. The Morgan fingerprint density at radius 2 is 2.15 bits per heavy atom. The normalized spacial score (nSPS) is 23.4. The number of nitrogens with one attached hydrogen (secondary N) is 1. The number of anilines is 1. The molecule has 2 saturated heterocycles. The molecule has 0 aliphatic carbocycles. The Morgan fingerprint density at radius 3 is 2.95 bits per heavy atom. The van der Waals surface area contributed by atoms with Crippen molar-refractivity contribution >= 4 is 23.3 Å². The van der Waals surface area contributed by atoms with Gasteiger partial charge in [0.25, 0.3) is 0 Å². The van der Waals surface area contributed by atoms with E-state index in [1.807, 2.05) is 0 Å². The van der Waals surface area contributed by atoms with Gasteiger partial charge in [0.05, 0.1) is 5.02 Å². The lowest BCUT2D eigenvalue weighted by Gasteiger charge is -2.27. The summed E-state index contributed by atoms with van der Waals surface area (Å²) in [7, 11) is 0. The van der Waals surface area contributed by atoms with E-state index >= 15 is 0 Å². The highest BCUT2D eigenvalue weighted by Crippen LogP contribution is 2.30. The minimum Gasteiger partial charge on any atom is -0.384 e. The van der Waals surface area contributed by atoms with Gasteiger partial charge in [0.1, 0.15) is 11.7 Å². The fourth-order valence-corrected chi connectivity index (χ4v) is 3.59. The predicted octanol–water partition coefficient (Wildman–Crippen LogP) is 1.69. The highest BCUT2D eigenvalue weighted by molar-refractivity contribution is 6.36. The second-order valence-corrected chi connectivity index (χ2v) is 5.92. The summed E-state index contributed by atoms with van der Waals surface area (Å²) in [5, 5.41) is 8.09. The van der Waals surface area contributed by atoms with Crippen LogP contribution in [0.3, 0.4) is 0 Å². The molecule has 0 radical (unpaired) electrons. The van der Waals surface area contributed by atoms with Crippen molar-refractivity contribution in [2.24, 2.45) is 5.73 Å². The summed E-state index contributed by atoms with van der Waals surface area (Å²) in [5.74, 6) is 0.768. The number of halogens is 1. The Morgan fingerprint density at radius 1 is 1.35 bits per heavy atom. The lowest BCUT2D eigenvalue weighted by Crippen LogP contribution is -2.37. The first-order valence-electron chi connectivity index (χ1n) is 7.14. The molecule has 6 heteroatoms. The highest BCUT2D eigenvalue weighted by Gasteiger charge is 2.30. The smallest absolute Gasteiger partial charge is 0.148 e. The van der Waals surface area contributed by atoms with E-state index in [1.165, 1.54) is 19.4 Å². The standard InChI is InChI=1S/C14H20ClN5/c15-12-11(13(16)17)4-5-18-14(12)20-8-2-7-19-6-1-3-10(19)9-20/h4-5,10H,1-3,6-9H2,(H3,16,17). The predicted molar refractivity (Wildman–Crippen MR) is 81.7 cm³/mol. The molecule has 3 heterocycles. The third-order valence-corrected chi connectivity index (χ3v) is 4.64. The van der Waals surface area contributed by atoms with E-state index in [1.54, 1.807) is 12.3 Å². The first-order valence-corrected chi connectivity index (χ1v) is 7.52. The monoisotopic (exact) mass is 293 g/mol. The Bertz CT molecular complexity index is 518. The van der Waals surface area contributed by atoms with Crippen LogP contribution in [-0.2, 0) is 0 Å². The van der Waals surface area contributed by atoms with Gasteiger partial charge in [-0.3, -0.25) is 10.3 Å². The first kappa shape index (κ1) is 13.6. The van der Waals surface area contributed by atoms with Crippen LogP contribution in [-0.4, -0.2) is 47.9 Å². The van der Waals surface area contributed by atoms with Crippen LogP contribution in [0.5, 0.6) is 0 Å². The molecule has 2 aliphatic rings. The van der Waals surface area contributed by atoms with Gasteiger partial charge in [0.2, 0.25) is 0 Å². The molecular weight excluding hydrogens is 274 g/mol. The second kappa shape index (κ2) is 5.58. The van der Waals surface area contributed by atoms with Gasteiger partial charge in [-0.15, -0.1) is 0 Å². The summed E-state index contributed by atoms with van der Waals surface area (Å²) in [4.78, 5) is 9.25. The zero-order valence-corrected chi connectivity index (χ0v) is 12.2. The van der Waals surface area contributed by atoms with Gasteiger partial charge < -0.3 is 10.6 Å². The third kappa shape index (κ3) is 2.47. The van der Waals surface area contributed by atoms with E-state index in [0.29, 0.717) is 16.6 Å². The fraction of sp³-hybridized carbons (Fsp3) is 0.571. The summed E-state index contributed by atoms with van der Waals surface area (Å²) in [6, 6.07) is 2.31. The molecule has 3 rings (SSSR count). The molecule has 5 nitrogen and oxygen atoms in total. The quantitative estimate of drug-likeness (QED) is 0.643. The van der Waals surface area contributed by atoms with E-state index in [9.17, 15) is 0 Å². The molecule has 0 amide bonds. The number of nitrogen functional groups attached to an aromatic ring is 1. The van der Waals surface area contributed by atoms with E-state index in [2.05, 4.69) is 14.8 Å². The Labute approximate surface area is 124 Å². The molecule has 2 aliphatic heterocycles. The molecule has 1 aromatic heterocycles. The molecule has 0 saturated carbocycles. The van der Waals surface area contributed by atoms with Crippen molar-refractivity contribution in [3.8, 4) is 0 Å². The maximum atomic E-state index is 7.59. The van der Waals surface area contributed by atoms with Gasteiger partial charge in [-0.05, 0) is 31.9 Å². The highest BCUT2D eigenvalue weighted by atomic mass is 35.5. The van der Waals surface area contributed by atoms with E-state index in [0.717, 1.165) is 31.9 Å². The summed E-state index contributed by atoms with van der Waals surface area (Å²) in [5.41, 5.74) is 6.15. The molecule has 2 fully saturated rings. The van der Waals surface area contributed by atoms with Crippen molar-refractivity contribution in [1.29, 1.82) is 5.41 Å². The number of aromatic nitrogens is 1. The van der Waals surface area contributed by atoms with Crippen molar-refractivity contribution in [3.63, 3.8) is 0 Å². The van der Waals surface area contributed by atoms with Crippen LogP contribution >= 0.6 is 11.6 Å². The summed E-state index contributed by atoms with van der Waals surface area (Å²) < 4.78 is 0. The summed E-state index contributed by atoms with van der Waals surface area (Å²) in [6.45, 7) is 4.30. The topological polar surface area (TPSA) is 69.2 Å². The number of rotatable bonds is 2. The number of hydrogen-bond acceptors (Lipinski definition) is 4. The third-order valence-electron chi connectivity index (χ3n) is 4.26. The summed E-state index contributed by atoms with van der Waals surface area (Å²) in [6.07, 6.45) is 5.35. The van der Waals surface area contributed by atoms with Crippen molar-refractivity contribution < 1.29 is 0 Å². The Balaban J connectivity index is 1.88.